The van der Waals surface area contributed by atoms with Crippen molar-refractivity contribution in [2.24, 2.45) is 5.92 Å². The summed E-state index contributed by atoms with van der Waals surface area (Å²) >= 11 is 0. The maximum Gasteiger partial charge on any atom is 0.242 e. The monoisotopic (exact) mass is 422 g/mol. The van der Waals surface area contributed by atoms with E-state index in [-0.39, 0.29) is 24.2 Å². The van der Waals surface area contributed by atoms with Crippen molar-refractivity contribution in [2.45, 2.75) is 25.7 Å². The highest BCUT2D eigenvalue weighted by Gasteiger charge is 2.57. The average Bonchev–Trinajstić information content (AvgIpc) is 3.23. The second-order valence-electron chi connectivity index (χ2n) is 8.40. The van der Waals surface area contributed by atoms with E-state index in [4.69, 9.17) is 0 Å². The number of amides is 2. The summed E-state index contributed by atoms with van der Waals surface area (Å²) in [5.41, 5.74) is 0.745. The van der Waals surface area contributed by atoms with E-state index < -0.39 is 17.0 Å². The third-order valence-electron chi connectivity index (χ3n) is 5.85. The van der Waals surface area contributed by atoms with Gasteiger partial charge in [0.2, 0.25) is 11.8 Å². The molecule has 3 aromatic rings. The van der Waals surface area contributed by atoms with Gasteiger partial charge in [-0.1, -0.05) is 13.8 Å². The Morgan fingerprint density at radius 1 is 1.06 bits per heavy atom. The zero-order valence-electron chi connectivity index (χ0n) is 17.0. The number of hydrogen-bond acceptors (Lipinski definition) is 3. The minimum Gasteiger partial charge on any atom is -0.311 e. The molecule has 1 spiro atoms. The Morgan fingerprint density at radius 3 is 2.48 bits per heavy atom. The number of fused-ring (bicyclic) bond motifs is 4. The Balaban J connectivity index is 1.74. The van der Waals surface area contributed by atoms with Gasteiger partial charge in [-0.3, -0.25) is 9.59 Å². The van der Waals surface area contributed by atoms with Crippen molar-refractivity contribution < 1.29 is 18.4 Å². The van der Waals surface area contributed by atoms with Crippen LogP contribution in [0.1, 0.15) is 31.4 Å². The average molecular weight is 422 g/mol. The van der Waals surface area contributed by atoms with Crippen LogP contribution in [-0.2, 0) is 15.0 Å². The Bertz CT molecular complexity index is 1220. The van der Waals surface area contributed by atoms with E-state index in [1.54, 1.807) is 11.0 Å². The van der Waals surface area contributed by atoms with Gasteiger partial charge in [-0.25, -0.2) is 13.5 Å². The van der Waals surface area contributed by atoms with Crippen molar-refractivity contribution in [2.75, 3.05) is 16.8 Å². The smallest absolute Gasteiger partial charge is 0.242 e. The molecule has 2 aromatic carbocycles. The summed E-state index contributed by atoms with van der Waals surface area (Å²) in [6, 6.07) is 9.90. The molecule has 3 heterocycles. The molecule has 1 unspecified atom stereocenters. The van der Waals surface area contributed by atoms with Gasteiger partial charge in [-0.15, -0.1) is 0 Å². The van der Waals surface area contributed by atoms with Crippen molar-refractivity contribution in [3.8, 4) is 5.69 Å². The molecule has 0 saturated carbocycles. The van der Waals surface area contributed by atoms with Crippen LogP contribution in [0.5, 0.6) is 0 Å². The number of hydrogen-bond donors (Lipinski definition) is 1. The molecule has 1 atom stereocenters. The van der Waals surface area contributed by atoms with Crippen LogP contribution in [0.25, 0.3) is 5.69 Å². The zero-order chi connectivity index (χ0) is 21.9. The summed E-state index contributed by atoms with van der Waals surface area (Å²) in [4.78, 5) is 28.3. The normalized spacial score (nSPS) is 19.7. The van der Waals surface area contributed by atoms with E-state index in [1.165, 1.54) is 47.3 Å². The lowest BCUT2D eigenvalue weighted by Gasteiger charge is -2.32. The standard InChI is InChI=1S/C23H20F2N4O2/c1-13(2)12-28-19-8-5-15(25)9-17(19)23(22(28)31)10-20(30)27-21-18(23)11-26-29(21)16-6-3-14(24)4-7-16/h3-9,11,13H,10,12H2,1-2H3,(H,27,30). The second kappa shape index (κ2) is 6.73. The van der Waals surface area contributed by atoms with Gasteiger partial charge < -0.3 is 10.2 Å². The predicted octanol–water partition coefficient (Wildman–Crippen LogP) is 3.78. The summed E-state index contributed by atoms with van der Waals surface area (Å²) < 4.78 is 29.2. The van der Waals surface area contributed by atoms with Gasteiger partial charge in [0.15, 0.2) is 0 Å². The number of anilines is 2. The van der Waals surface area contributed by atoms with Crippen LogP contribution in [-0.4, -0.2) is 28.1 Å². The number of carbonyl (C=O) groups is 2. The summed E-state index contributed by atoms with van der Waals surface area (Å²) in [5.74, 6) is -1.00. The number of benzene rings is 2. The number of carbonyl (C=O) groups excluding carboxylic acids is 2. The van der Waals surface area contributed by atoms with Gasteiger partial charge in [-0.05, 0) is 53.9 Å². The van der Waals surface area contributed by atoms with Crippen LogP contribution in [0.2, 0.25) is 0 Å². The van der Waals surface area contributed by atoms with Crippen molar-refractivity contribution in [3.05, 3.63) is 71.4 Å². The molecule has 1 aromatic heterocycles. The Morgan fingerprint density at radius 2 is 1.77 bits per heavy atom. The molecule has 2 aliphatic rings. The lowest BCUT2D eigenvalue weighted by molar-refractivity contribution is -0.126. The molecule has 1 N–H and O–H groups in total. The topological polar surface area (TPSA) is 67.2 Å². The van der Waals surface area contributed by atoms with Gasteiger partial charge in [0, 0.05) is 24.2 Å². The van der Waals surface area contributed by atoms with Crippen LogP contribution in [0.3, 0.4) is 0 Å². The first-order valence-corrected chi connectivity index (χ1v) is 10.1. The zero-order valence-corrected chi connectivity index (χ0v) is 17.0. The first-order chi connectivity index (χ1) is 14.8. The van der Waals surface area contributed by atoms with E-state index in [1.807, 2.05) is 13.8 Å². The van der Waals surface area contributed by atoms with Crippen molar-refractivity contribution in [1.29, 1.82) is 0 Å². The fourth-order valence-electron chi connectivity index (χ4n) is 4.59. The Labute approximate surface area is 177 Å². The molecule has 0 fully saturated rings. The molecule has 0 aliphatic carbocycles. The molecule has 8 heteroatoms. The second-order valence-corrected chi connectivity index (χ2v) is 8.40. The fraction of sp³-hybridized carbons (Fsp3) is 0.261. The highest BCUT2D eigenvalue weighted by Crippen LogP contribution is 2.52. The first kappa shape index (κ1) is 19.4. The summed E-state index contributed by atoms with van der Waals surface area (Å²) in [7, 11) is 0. The fourth-order valence-corrected chi connectivity index (χ4v) is 4.59. The van der Waals surface area contributed by atoms with Crippen LogP contribution in [0, 0.1) is 17.6 Å². The first-order valence-electron chi connectivity index (χ1n) is 10.1. The third-order valence-corrected chi connectivity index (χ3v) is 5.85. The lowest BCUT2D eigenvalue weighted by atomic mass is 9.71. The molecule has 5 rings (SSSR count). The van der Waals surface area contributed by atoms with Gasteiger partial charge >= 0.3 is 0 Å². The van der Waals surface area contributed by atoms with Crippen LogP contribution in [0.4, 0.5) is 20.3 Å². The molecule has 31 heavy (non-hydrogen) atoms. The van der Waals surface area contributed by atoms with E-state index >= 15 is 0 Å². The Hall–Kier alpha value is -3.55. The molecular weight excluding hydrogens is 402 g/mol. The van der Waals surface area contributed by atoms with Crippen LogP contribution in [0.15, 0.2) is 48.7 Å². The van der Waals surface area contributed by atoms with Crippen molar-refractivity contribution in [3.63, 3.8) is 0 Å². The molecule has 6 nitrogen and oxygen atoms in total. The van der Waals surface area contributed by atoms with Gasteiger partial charge in [0.1, 0.15) is 22.9 Å². The van der Waals surface area contributed by atoms with Crippen LogP contribution < -0.4 is 10.2 Å². The number of nitrogens with one attached hydrogen (secondary N) is 1. The number of nitrogens with zero attached hydrogens (tertiary/aromatic N) is 3. The molecule has 158 valence electrons. The third kappa shape index (κ3) is 2.78. The number of aromatic nitrogens is 2. The Kier molecular flexibility index (Phi) is 4.22. The maximum atomic E-state index is 14.3. The molecule has 2 aliphatic heterocycles. The van der Waals surface area contributed by atoms with E-state index in [9.17, 15) is 18.4 Å². The van der Waals surface area contributed by atoms with E-state index in [2.05, 4.69) is 10.4 Å². The van der Waals surface area contributed by atoms with Gasteiger partial charge in [0.05, 0.1) is 11.9 Å². The molecule has 0 radical (unpaired) electrons. The summed E-state index contributed by atoms with van der Waals surface area (Å²) in [6.45, 7) is 4.43. The highest BCUT2D eigenvalue weighted by atomic mass is 19.1. The predicted molar refractivity (Wildman–Crippen MR) is 111 cm³/mol. The quantitative estimate of drug-likeness (QED) is 0.699. The van der Waals surface area contributed by atoms with Gasteiger partial charge in [0.25, 0.3) is 0 Å². The largest absolute Gasteiger partial charge is 0.311 e. The minimum atomic E-state index is -1.36. The maximum absolute atomic E-state index is 14.3. The molecule has 2 amide bonds. The SMILES string of the molecule is CC(C)CN1C(=O)C2(CC(=O)Nc3c2cnn3-c2ccc(F)cc2)c2cc(F)ccc21. The molecule has 0 saturated heterocycles. The lowest BCUT2D eigenvalue weighted by Crippen LogP contribution is -2.47. The van der Waals surface area contributed by atoms with E-state index in [0.29, 0.717) is 34.9 Å². The highest BCUT2D eigenvalue weighted by molar-refractivity contribution is 6.15. The van der Waals surface area contributed by atoms with Crippen molar-refractivity contribution >= 4 is 23.3 Å². The van der Waals surface area contributed by atoms with Crippen molar-refractivity contribution in [1.82, 2.24) is 9.78 Å². The number of rotatable bonds is 3. The van der Waals surface area contributed by atoms with Gasteiger partial charge in [-0.2, -0.15) is 5.10 Å². The summed E-state index contributed by atoms with van der Waals surface area (Å²) in [6.07, 6.45) is 1.39. The van der Waals surface area contributed by atoms with E-state index in [0.717, 1.165) is 0 Å². The molecule has 0 bridgehead atoms. The minimum absolute atomic E-state index is 0.140. The summed E-state index contributed by atoms with van der Waals surface area (Å²) in [5, 5.41) is 7.18. The number of halogens is 2. The van der Waals surface area contributed by atoms with Crippen LogP contribution >= 0.6 is 0 Å². The molecular formula is C23H20F2N4O2.